The Bertz CT molecular complexity index is 1250. The Morgan fingerprint density at radius 3 is 2.50 bits per heavy atom. The molecule has 2 aliphatic heterocycles. The van der Waals surface area contributed by atoms with Crippen molar-refractivity contribution in [1.82, 2.24) is 29.2 Å². The molecule has 38 heavy (non-hydrogen) atoms. The van der Waals surface area contributed by atoms with Crippen molar-refractivity contribution in [2.24, 2.45) is 5.92 Å². The molecule has 9 nitrogen and oxygen atoms in total. The van der Waals surface area contributed by atoms with Crippen LogP contribution in [0.4, 0.5) is 5.69 Å². The van der Waals surface area contributed by atoms with Crippen LogP contribution in [0.3, 0.4) is 0 Å². The van der Waals surface area contributed by atoms with Crippen LogP contribution < -0.4 is 9.64 Å². The second-order valence-electron chi connectivity index (χ2n) is 11.0. The molecule has 2 aliphatic rings. The van der Waals surface area contributed by atoms with E-state index in [0.29, 0.717) is 5.92 Å². The van der Waals surface area contributed by atoms with Crippen LogP contribution in [-0.2, 0) is 13.1 Å². The fourth-order valence-electron chi connectivity index (χ4n) is 5.37. The summed E-state index contributed by atoms with van der Waals surface area (Å²) >= 11 is 0. The molecule has 2 aromatic heterocycles. The monoisotopic (exact) mass is 516 g/mol. The number of fused-ring (bicyclic) bond motifs is 1. The van der Waals surface area contributed by atoms with Crippen molar-refractivity contribution in [3.8, 4) is 11.8 Å². The highest BCUT2D eigenvalue weighted by atomic mass is 16.5. The van der Waals surface area contributed by atoms with E-state index >= 15 is 0 Å². The first-order valence-electron chi connectivity index (χ1n) is 13.8. The second-order valence-corrected chi connectivity index (χ2v) is 11.0. The van der Waals surface area contributed by atoms with Gasteiger partial charge in [0.15, 0.2) is 0 Å². The van der Waals surface area contributed by atoms with Crippen LogP contribution in [0.15, 0.2) is 36.5 Å². The fourth-order valence-corrected chi connectivity index (χ4v) is 5.37. The number of anilines is 1. The van der Waals surface area contributed by atoms with Gasteiger partial charge in [-0.15, -0.1) is 0 Å². The van der Waals surface area contributed by atoms with Crippen molar-refractivity contribution in [3.05, 3.63) is 48.0 Å². The largest absolute Gasteiger partial charge is 0.492 e. The Morgan fingerprint density at radius 2 is 1.76 bits per heavy atom. The molecular formula is C29H40N8O. The number of nitriles is 1. The van der Waals surface area contributed by atoms with E-state index in [1.54, 1.807) is 6.20 Å². The first kappa shape index (κ1) is 26.4. The first-order valence-corrected chi connectivity index (χ1v) is 13.8. The number of piperazine rings is 2. The standard InChI is InChI=1S/C29H40N8O/c1-23(2)21-37-26(17-24-20-31-28(19-30)32-29(24)37)22-35-11-13-36(14-12-35)25-5-4-6-27(18-25)38-16-15-34-9-7-33(3)8-10-34/h4-6,17-18,20,23H,7-16,21-22H2,1-3H3. The van der Waals surface area contributed by atoms with Gasteiger partial charge in [0.1, 0.15) is 24.1 Å². The van der Waals surface area contributed by atoms with Crippen LogP contribution in [0.25, 0.3) is 11.0 Å². The molecule has 0 unspecified atom stereocenters. The van der Waals surface area contributed by atoms with Crippen LogP contribution in [0, 0.1) is 17.2 Å². The predicted molar refractivity (Wildman–Crippen MR) is 150 cm³/mol. The molecule has 0 N–H and O–H groups in total. The SMILES string of the molecule is CC(C)Cn1c(CN2CCN(c3cccc(OCCN4CCN(C)CC4)c3)CC2)cc2cnc(C#N)nc21. The zero-order valence-electron chi connectivity index (χ0n) is 23.0. The summed E-state index contributed by atoms with van der Waals surface area (Å²) in [7, 11) is 2.19. The number of nitrogens with zero attached hydrogens (tertiary/aromatic N) is 8. The highest BCUT2D eigenvalue weighted by Gasteiger charge is 2.21. The summed E-state index contributed by atoms with van der Waals surface area (Å²) in [6.45, 7) is 16.3. The normalized spacial score (nSPS) is 17.8. The van der Waals surface area contributed by atoms with Crippen LogP contribution >= 0.6 is 0 Å². The smallest absolute Gasteiger partial charge is 0.234 e. The molecule has 0 spiro atoms. The molecule has 1 aromatic carbocycles. The minimum Gasteiger partial charge on any atom is -0.492 e. The van der Waals surface area contributed by atoms with Gasteiger partial charge in [-0.25, -0.2) is 9.97 Å². The third kappa shape index (κ3) is 6.44. The van der Waals surface area contributed by atoms with Crippen molar-refractivity contribution < 1.29 is 4.74 Å². The Kier molecular flexibility index (Phi) is 8.42. The minimum absolute atomic E-state index is 0.228. The lowest BCUT2D eigenvalue weighted by atomic mass is 10.2. The van der Waals surface area contributed by atoms with E-state index < -0.39 is 0 Å². The van der Waals surface area contributed by atoms with Gasteiger partial charge < -0.3 is 19.1 Å². The number of likely N-dealkylation sites (N-methyl/N-ethyl adjacent to an activating group) is 1. The van der Waals surface area contributed by atoms with Gasteiger partial charge in [0.05, 0.1) is 0 Å². The van der Waals surface area contributed by atoms with Crippen LogP contribution in [0.5, 0.6) is 5.75 Å². The number of aromatic nitrogens is 3. The third-order valence-corrected chi connectivity index (χ3v) is 7.58. The lowest BCUT2D eigenvalue weighted by molar-refractivity contribution is 0.134. The summed E-state index contributed by atoms with van der Waals surface area (Å²) in [6.07, 6.45) is 1.78. The lowest BCUT2D eigenvalue weighted by Gasteiger charge is -2.36. The van der Waals surface area contributed by atoms with Crippen molar-refractivity contribution in [2.75, 3.05) is 77.5 Å². The number of rotatable bonds is 9. The number of hydrogen-bond donors (Lipinski definition) is 0. The van der Waals surface area contributed by atoms with E-state index in [1.165, 1.54) is 11.4 Å². The summed E-state index contributed by atoms with van der Waals surface area (Å²) in [4.78, 5) is 18.5. The Hall–Kier alpha value is -3.19. The van der Waals surface area contributed by atoms with Crippen molar-refractivity contribution in [3.63, 3.8) is 0 Å². The molecule has 0 bridgehead atoms. The molecule has 3 aromatic rings. The fraction of sp³-hybridized carbons (Fsp3) is 0.552. The summed E-state index contributed by atoms with van der Waals surface area (Å²) in [5, 5.41) is 10.3. The zero-order valence-corrected chi connectivity index (χ0v) is 23.0. The van der Waals surface area contributed by atoms with Gasteiger partial charge in [-0.3, -0.25) is 9.80 Å². The number of hydrogen-bond acceptors (Lipinski definition) is 8. The molecule has 4 heterocycles. The van der Waals surface area contributed by atoms with E-state index in [9.17, 15) is 5.26 Å². The molecule has 2 fully saturated rings. The van der Waals surface area contributed by atoms with Gasteiger partial charge in [-0.2, -0.15) is 5.26 Å². The highest BCUT2D eigenvalue weighted by molar-refractivity contribution is 5.77. The molecule has 9 heteroatoms. The summed E-state index contributed by atoms with van der Waals surface area (Å²) in [5.41, 5.74) is 3.33. The Morgan fingerprint density at radius 1 is 1.00 bits per heavy atom. The summed E-state index contributed by atoms with van der Waals surface area (Å²) in [6, 6.07) is 12.8. The van der Waals surface area contributed by atoms with Crippen molar-refractivity contribution in [1.29, 1.82) is 5.26 Å². The van der Waals surface area contributed by atoms with Crippen LogP contribution in [-0.4, -0.2) is 102 Å². The average molecular weight is 517 g/mol. The Labute approximate surface area is 226 Å². The second kappa shape index (κ2) is 12.1. The van der Waals surface area contributed by atoms with E-state index in [1.807, 2.05) is 0 Å². The molecular weight excluding hydrogens is 476 g/mol. The van der Waals surface area contributed by atoms with E-state index in [2.05, 4.69) is 91.4 Å². The number of ether oxygens (including phenoxy) is 1. The predicted octanol–water partition coefficient (Wildman–Crippen LogP) is 2.91. The summed E-state index contributed by atoms with van der Waals surface area (Å²) in [5.74, 6) is 1.67. The molecule has 0 atom stereocenters. The van der Waals surface area contributed by atoms with Gasteiger partial charge in [0, 0.05) is 101 Å². The molecule has 5 rings (SSSR count). The highest BCUT2D eigenvalue weighted by Crippen LogP contribution is 2.25. The average Bonchev–Trinajstić information content (AvgIpc) is 3.25. The molecule has 0 saturated carbocycles. The van der Waals surface area contributed by atoms with Gasteiger partial charge in [-0.05, 0) is 31.2 Å². The molecule has 0 amide bonds. The van der Waals surface area contributed by atoms with E-state index in [0.717, 1.165) is 95.4 Å². The molecule has 202 valence electrons. The zero-order chi connectivity index (χ0) is 26.5. The van der Waals surface area contributed by atoms with Gasteiger partial charge >= 0.3 is 0 Å². The quantitative estimate of drug-likeness (QED) is 0.430. The van der Waals surface area contributed by atoms with Gasteiger partial charge in [0.2, 0.25) is 5.82 Å². The van der Waals surface area contributed by atoms with Gasteiger partial charge in [-0.1, -0.05) is 19.9 Å². The lowest BCUT2D eigenvalue weighted by Crippen LogP contribution is -2.46. The van der Waals surface area contributed by atoms with E-state index in [-0.39, 0.29) is 5.82 Å². The maximum Gasteiger partial charge on any atom is 0.234 e. The topological polar surface area (TPSA) is 76.7 Å². The van der Waals surface area contributed by atoms with E-state index in [4.69, 9.17) is 4.74 Å². The van der Waals surface area contributed by atoms with Crippen molar-refractivity contribution in [2.45, 2.75) is 26.9 Å². The maximum atomic E-state index is 9.27. The Balaban J connectivity index is 1.16. The third-order valence-electron chi connectivity index (χ3n) is 7.58. The first-order chi connectivity index (χ1) is 18.5. The molecule has 0 aliphatic carbocycles. The van der Waals surface area contributed by atoms with Crippen molar-refractivity contribution >= 4 is 16.7 Å². The summed E-state index contributed by atoms with van der Waals surface area (Å²) < 4.78 is 8.41. The maximum absolute atomic E-state index is 9.27. The molecule has 2 saturated heterocycles. The minimum atomic E-state index is 0.228. The van der Waals surface area contributed by atoms with Gasteiger partial charge in [0.25, 0.3) is 0 Å². The molecule has 0 radical (unpaired) electrons. The van der Waals surface area contributed by atoms with Crippen LogP contribution in [0.1, 0.15) is 25.4 Å². The van der Waals surface area contributed by atoms with Crippen LogP contribution in [0.2, 0.25) is 0 Å². The number of benzene rings is 1.